The third-order valence-electron chi connectivity index (χ3n) is 5.11. The van der Waals surface area contributed by atoms with Crippen molar-refractivity contribution in [3.63, 3.8) is 0 Å². The predicted molar refractivity (Wildman–Crippen MR) is 116 cm³/mol. The smallest absolute Gasteiger partial charge is 0.298 e. The quantitative estimate of drug-likeness (QED) is 0.497. The van der Waals surface area contributed by atoms with E-state index in [1.165, 1.54) is 0 Å². The molecule has 0 bridgehead atoms. The van der Waals surface area contributed by atoms with Crippen molar-refractivity contribution in [2.75, 3.05) is 36.0 Å². The fraction of sp³-hybridized carbons (Fsp3) is 0.227. The lowest BCUT2D eigenvalue weighted by Crippen LogP contribution is -2.47. The van der Waals surface area contributed by atoms with Crippen LogP contribution in [0.4, 0.5) is 11.8 Å². The van der Waals surface area contributed by atoms with Gasteiger partial charge in [-0.25, -0.2) is 9.97 Å². The van der Waals surface area contributed by atoms with Gasteiger partial charge in [0, 0.05) is 42.8 Å². The second-order valence-electron chi connectivity index (χ2n) is 7.11. The van der Waals surface area contributed by atoms with Crippen molar-refractivity contribution in [2.24, 2.45) is 0 Å². The van der Waals surface area contributed by atoms with Crippen LogP contribution in [0.3, 0.4) is 0 Å². The van der Waals surface area contributed by atoms with Gasteiger partial charge in [0.1, 0.15) is 17.2 Å². The van der Waals surface area contributed by atoms with Crippen LogP contribution in [0.25, 0.3) is 22.4 Å². The van der Waals surface area contributed by atoms with Crippen LogP contribution in [0.15, 0.2) is 59.0 Å². The molecule has 0 aliphatic carbocycles. The minimum absolute atomic E-state index is 0.644. The molecule has 4 aromatic rings. The van der Waals surface area contributed by atoms with Crippen molar-refractivity contribution < 1.29 is 4.42 Å². The number of nitrogens with zero attached hydrogens (tertiary/aromatic N) is 5. The third-order valence-corrected chi connectivity index (χ3v) is 5.34. The topological polar surface area (TPSA) is 58.3 Å². The maximum atomic E-state index is 6.06. The highest BCUT2D eigenvalue weighted by atomic mass is 35.5. The van der Waals surface area contributed by atoms with Gasteiger partial charge in [-0.05, 0) is 25.1 Å². The van der Waals surface area contributed by atoms with E-state index in [-0.39, 0.29) is 0 Å². The predicted octanol–water partition coefficient (Wildman–Crippen LogP) is 4.57. The Labute approximate surface area is 173 Å². The van der Waals surface area contributed by atoms with Crippen molar-refractivity contribution in [3.05, 3.63) is 65.4 Å². The highest BCUT2D eigenvalue weighted by Gasteiger charge is 2.22. The Morgan fingerprint density at radius 3 is 2.41 bits per heavy atom. The van der Waals surface area contributed by atoms with Crippen molar-refractivity contribution in [3.8, 4) is 11.3 Å². The number of fused-ring (bicyclic) bond motifs is 1. The second-order valence-corrected chi connectivity index (χ2v) is 7.54. The molecule has 0 atom stereocenters. The molecule has 2 aromatic heterocycles. The van der Waals surface area contributed by atoms with E-state index in [1.54, 1.807) is 0 Å². The number of aryl methyl sites for hydroxylation is 1. The van der Waals surface area contributed by atoms with E-state index in [2.05, 4.69) is 43.0 Å². The molecule has 29 heavy (non-hydrogen) atoms. The average molecular weight is 406 g/mol. The largest absolute Gasteiger partial charge is 0.423 e. The minimum atomic E-state index is 0.644. The maximum absolute atomic E-state index is 6.06. The fourth-order valence-electron chi connectivity index (χ4n) is 3.62. The average Bonchev–Trinajstić information content (AvgIpc) is 3.17. The van der Waals surface area contributed by atoms with Gasteiger partial charge in [0.15, 0.2) is 5.58 Å². The van der Waals surface area contributed by atoms with E-state index < -0.39 is 0 Å². The Bertz CT molecular complexity index is 1150. The van der Waals surface area contributed by atoms with Crippen molar-refractivity contribution in [1.29, 1.82) is 0 Å². The molecule has 0 unspecified atom stereocenters. The first-order valence-corrected chi connectivity index (χ1v) is 10.0. The highest BCUT2D eigenvalue weighted by Crippen LogP contribution is 2.27. The number of piperazine rings is 1. The van der Waals surface area contributed by atoms with E-state index in [0.29, 0.717) is 11.0 Å². The normalized spacial score (nSPS) is 14.6. The molecule has 1 aliphatic heterocycles. The molecule has 1 saturated heterocycles. The first-order chi connectivity index (χ1) is 14.2. The summed E-state index contributed by atoms with van der Waals surface area (Å²) < 4.78 is 5.91. The number of aromatic nitrogens is 3. The summed E-state index contributed by atoms with van der Waals surface area (Å²) >= 11 is 6.06. The number of benzene rings is 2. The standard InChI is InChI=1S/C22H20ClN5O/c1-15-24-18(16-5-3-2-4-6-16)14-21(25-15)27-9-11-28(12-10-27)22-26-19-13-17(23)7-8-20(19)29-22/h2-8,13-14H,9-12H2,1H3. The van der Waals surface area contributed by atoms with Crippen molar-refractivity contribution in [1.82, 2.24) is 15.0 Å². The number of anilines is 2. The SMILES string of the molecule is Cc1nc(-c2ccccc2)cc(N2CCN(c3nc4cc(Cl)ccc4o3)CC2)n1. The second kappa shape index (κ2) is 7.37. The molecule has 2 aromatic carbocycles. The number of hydrogen-bond acceptors (Lipinski definition) is 6. The first kappa shape index (κ1) is 17.9. The molecule has 0 N–H and O–H groups in total. The molecule has 6 nitrogen and oxygen atoms in total. The van der Waals surface area contributed by atoms with Gasteiger partial charge in [0.2, 0.25) is 0 Å². The Morgan fingerprint density at radius 1 is 0.862 bits per heavy atom. The molecule has 5 rings (SSSR count). The Kier molecular flexibility index (Phi) is 4.56. The lowest BCUT2D eigenvalue weighted by atomic mass is 10.1. The number of halogens is 1. The molecular weight excluding hydrogens is 386 g/mol. The molecule has 146 valence electrons. The van der Waals surface area contributed by atoms with Crippen LogP contribution >= 0.6 is 11.6 Å². The van der Waals surface area contributed by atoms with Crippen LogP contribution in [-0.4, -0.2) is 41.1 Å². The summed E-state index contributed by atoms with van der Waals surface area (Å²) in [7, 11) is 0. The van der Waals surface area contributed by atoms with E-state index in [1.807, 2.05) is 43.3 Å². The van der Waals surface area contributed by atoms with Gasteiger partial charge in [-0.1, -0.05) is 41.9 Å². The lowest BCUT2D eigenvalue weighted by molar-refractivity contribution is 0.540. The molecule has 0 saturated carbocycles. The van der Waals surface area contributed by atoms with Crippen molar-refractivity contribution in [2.45, 2.75) is 6.92 Å². The number of oxazole rings is 1. The summed E-state index contributed by atoms with van der Waals surface area (Å²) in [5, 5.41) is 0.663. The van der Waals surface area contributed by atoms with Gasteiger partial charge in [0.25, 0.3) is 6.01 Å². The molecule has 1 fully saturated rings. The monoisotopic (exact) mass is 405 g/mol. The van der Waals surface area contributed by atoms with E-state index in [9.17, 15) is 0 Å². The zero-order valence-electron chi connectivity index (χ0n) is 16.0. The van der Waals surface area contributed by atoms with Crippen molar-refractivity contribution >= 4 is 34.5 Å². The van der Waals surface area contributed by atoms with E-state index in [4.69, 9.17) is 16.0 Å². The van der Waals surface area contributed by atoms with Gasteiger partial charge in [-0.3, -0.25) is 0 Å². The zero-order valence-corrected chi connectivity index (χ0v) is 16.8. The van der Waals surface area contributed by atoms with E-state index in [0.717, 1.165) is 60.2 Å². The number of rotatable bonds is 3. The molecule has 1 aliphatic rings. The Hall–Kier alpha value is -3.12. The third kappa shape index (κ3) is 3.63. The maximum Gasteiger partial charge on any atom is 0.298 e. The summed E-state index contributed by atoms with van der Waals surface area (Å²) in [5.74, 6) is 1.74. The van der Waals surface area contributed by atoms with Gasteiger partial charge >= 0.3 is 0 Å². The summed E-state index contributed by atoms with van der Waals surface area (Å²) in [6.07, 6.45) is 0. The molecule has 0 spiro atoms. The van der Waals surface area contributed by atoms with Crippen LogP contribution in [0.5, 0.6) is 0 Å². The summed E-state index contributed by atoms with van der Waals surface area (Å²) in [6, 6.07) is 18.4. The van der Waals surface area contributed by atoms with Crippen LogP contribution in [0, 0.1) is 6.92 Å². The molecule has 0 radical (unpaired) electrons. The van der Waals surface area contributed by atoms with Crippen LogP contribution < -0.4 is 9.80 Å². The highest BCUT2D eigenvalue weighted by molar-refractivity contribution is 6.31. The molecule has 0 amide bonds. The molecular formula is C22H20ClN5O. The van der Waals surface area contributed by atoms with Gasteiger partial charge in [-0.15, -0.1) is 0 Å². The minimum Gasteiger partial charge on any atom is -0.423 e. The van der Waals surface area contributed by atoms with E-state index >= 15 is 0 Å². The fourth-order valence-corrected chi connectivity index (χ4v) is 3.79. The Morgan fingerprint density at radius 2 is 1.62 bits per heavy atom. The summed E-state index contributed by atoms with van der Waals surface area (Å²) in [6.45, 7) is 5.23. The Balaban J connectivity index is 1.34. The summed E-state index contributed by atoms with van der Waals surface area (Å²) in [4.78, 5) is 18.3. The zero-order chi connectivity index (χ0) is 19.8. The van der Waals surface area contributed by atoms with Crippen LogP contribution in [-0.2, 0) is 0 Å². The van der Waals surface area contributed by atoms with Gasteiger partial charge in [0.05, 0.1) is 5.69 Å². The van der Waals surface area contributed by atoms with Gasteiger partial charge in [-0.2, -0.15) is 4.98 Å². The molecule has 7 heteroatoms. The first-order valence-electron chi connectivity index (χ1n) is 9.63. The lowest BCUT2D eigenvalue weighted by Gasteiger charge is -2.34. The van der Waals surface area contributed by atoms with Crippen LogP contribution in [0.2, 0.25) is 5.02 Å². The molecule has 3 heterocycles. The van der Waals surface area contributed by atoms with Crippen LogP contribution in [0.1, 0.15) is 5.82 Å². The summed E-state index contributed by atoms with van der Waals surface area (Å²) in [5.41, 5.74) is 3.59. The number of hydrogen-bond donors (Lipinski definition) is 0. The van der Waals surface area contributed by atoms with Gasteiger partial charge < -0.3 is 14.2 Å².